The zero-order valence-corrected chi connectivity index (χ0v) is 15.1. The molecular formula is C20H17F4N3O2. The maximum Gasteiger partial charge on any atom is 0.417 e. The first kappa shape index (κ1) is 19.4. The topological polar surface area (TPSA) is 67.0 Å². The van der Waals surface area contributed by atoms with Gasteiger partial charge < -0.3 is 15.0 Å². The summed E-state index contributed by atoms with van der Waals surface area (Å²) < 4.78 is 58.7. The SMILES string of the molecule is O=C(NC1CCOCC1)c1cccc2[nH]c(-c3ccc(F)cc3C(F)(F)F)nc12. The second kappa shape index (κ2) is 7.47. The molecule has 1 aromatic heterocycles. The number of hydrogen-bond donors (Lipinski definition) is 2. The maximum atomic E-state index is 13.4. The molecule has 1 aliphatic heterocycles. The Morgan fingerprint density at radius 3 is 2.66 bits per heavy atom. The number of aromatic nitrogens is 2. The molecule has 0 unspecified atom stereocenters. The van der Waals surface area contributed by atoms with Crippen LogP contribution < -0.4 is 5.32 Å². The Hall–Kier alpha value is -2.94. The van der Waals surface area contributed by atoms with E-state index >= 15 is 0 Å². The van der Waals surface area contributed by atoms with Crippen LogP contribution in [-0.2, 0) is 10.9 Å². The first-order chi connectivity index (χ1) is 13.8. The van der Waals surface area contributed by atoms with Crippen LogP contribution in [0.25, 0.3) is 22.4 Å². The molecule has 29 heavy (non-hydrogen) atoms. The molecule has 2 heterocycles. The monoisotopic (exact) mass is 407 g/mol. The second-order valence-corrected chi connectivity index (χ2v) is 6.83. The van der Waals surface area contributed by atoms with Gasteiger partial charge in [0.2, 0.25) is 0 Å². The lowest BCUT2D eigenvalue weighted by molar-refractivity contribution is -0.137. The Morgan fingerprint density at radius 1 is 1.17 bits per heavy atom. The zero-order valence-electron chi connectivity index (χ0n) is 15.1. The number of ether oxygens (including phenoxy) is 1. The molecule has 1 fully saturated rings. The summed E-state index contributed by atoms with van der Waals surface area (Å²) in [5.41, 5.74) is -0.496. The molecule has 0 bridgehead atoms. The van der Waals surface area contributed by atoms with Crippen LogP contribution in [-0.4, -0.2) is 35.1 Å². The quantitative estimate of drug-likeness (QED) is 0.637. The maximum absolute atomic E-state index is 13.4. The van der Waals surface area contributed by atoms with E-state index in [-0.39, 0.29) is 34.4 Å². The standard InChI is InChI=1S/C20H17F4N3O2/c21-11-4-5-13(15(10-11)20(22,23)24)18-26-16-3-1-2-14(17(16)27-18)19(28)25-12-6-8-29-9-7-12/h1-5,10,12H,6-9H2,(H,25,28)(H,26,27). The number of alkyl halides is 3. The number of nitrogens with zero attached hydrogens (tertiary/aromatic N) is 1. The van der Waals surface area contributed by atoms with Crippen LogP contribution in [0.15, 0.2) is 36.4 Å². The largest absolute Gasteiger partial charge is 0.417 e. The molecule has 0 aliphatic carbocycles. The fourth-order valence-electron chi connectivity index (χ4n) is 3.41. The lowest BCUT2D eigenvalue weighted by Crippen LogP contribution is -2.38. The summed E-state index contributed by atoms with van der Waals surface area (Å²) in [7, 11) is 0. The Bertz CT molecular complexity index is 1060. The highest BCUT2D eigenvalue weighted by atomic mass is 19.4. The molecule has 0 spiro atoms. The van der Waals surface area contributed by atoms with Gasteiger partial charge in [-0.25, -0.2) is 9.37 Å². The van der Waals surface area contributed by atoms with E-state index in [2.05, 4.69) is 15.3 Å². The number of halogens is 4. The molecule has 2 aromatic carbocycles. The average molecular weight is 407 g/mol. The zero-order chi connectivity index (χ0) is 20.6. The number of benzene rings is 2. The summed E-state index contributed by atoms with van der Waals surface area (Å²) in [5, 5.41) is 2.92. The van der Waals surface area contributed by atoms with Crippen LogP contribution in [0.3, 0.4) is 0 Å². The number of hydrogen-bond acceptors (Lipinski definition) is 3. The van der Waals surface area contributed by atoms with Crippen molar-refractivity contribution in [2.75, 3.05) is 13.2 Å². The van der Waals surface area contributed by atoms with Gasteiger partial charge >= 0.3 is 6.18 Å². The Balaban J connectivity index is 1.73. The predicted octanol–water partition coefficient (Wildman–Crippen LogP) is 4.30. The number of carbonyl (C=O) groups is 1. The fourth-order valence-corrected chi connectivity index (χ4v) is 3.41. The van der Waals surface area contributed by atoms with Crippen molar-refractivity contribution >= 4 is 16.9 Å². The lowest BCUT2D eigenvalue weighted by atomic mass is 10.1. The third-order valence-corrected chi connectivity index (χ3v) is 4.86. The van der Waals surface area contributed by atoms with E-state index in [4.69, 9.17) is 4.74 Å². The number of aromatic amines is 1. The molecule has 4 rings (SSSR count). The smallest absolute Gasteiger partial charge is 0.381 e. The van der Waals surface area contributed by atoms with Crippen LogP contribution in [0.2, 0.25) is 0 Å². The van der Waals surface area contributed by atoms with Crippen molar-refractivity contribution in [2.24, 2.45) is 0 Å². The van der Waals surface area contributed by atoms with Gasteiger partial charge in [0.25, 0.3) is 5.91 Å². The van der Waals surface area contributed by atoms with Crippen molar-refractivity contribution in [3.63, 3.8) is 0 Å². The van der Waals surface area contributed by atoms with Crippen molar-refractivity contribution in [3.8, 4) is 11.4 Å². The first-order valence-electron chi connectivity index (χ1n) is 9.07. The third kappa shape index (κ3) is 3.95. The minimum atomic E-state index is -4.75. The van der Waals surface area contributed by atoms with Crippen LogP contribution in [0.5, 0.6) is 0 Å². The number of fused-ring (bicyclic) bond motifs is 1. The summed E-state index contributed by atoms with van der Waals surface area (Å²) in [6, 6.07) is 7.18. The highest BCUT2D eigenvalue weighted by Crippen LogP contribution is 2.37. The van der Waals surface area contributed by atoms with Crippen LogP contribution >= 0.6 is 0 Å². The van der Waals surface area contributed by atoms with Crippen molar-refractivity contribution in [2.45, 2.75) is 25.1 Å². The summed E-state index contributed by atoms with van der Waals surface area (Å²) in [6.45, 7) is 1.12. The van der Waals surface area contributed by atoms with Crippen LogP contribution in [0, 0.1) is 5.82 Å². The molecule has 0 radical (unpaired) electrons. The number of rotatable bonds is 3. The molecule has 1 aliphatic rings. The normalized spacial score (nSPS) is 15.6. The van der Waals surface area contributed by atoms with Crippen molar-refractivity contribution in [1.82, 2.24) is 15.3 Å². The van der Waals surface area contributed by atoms with Crippen LogP contribution in [0.4, 0.5) is 17.6 Å². The molecule has 0 atom stereocenters. The molecule has 5 nitrogen and oxygen atoms in total. The first-order valence-corrected chi connectivity index (χ1v) is 9.07. The molecule has 9 heteroatoms. The summed E-state index contributed by atoms with van der Waals surface area (Å²) in [6.07, 6.45) is -3.37. The average Bonchev–Trinajstić information content (AvgIpc) is 3.12. The molecular weight excluding hydrogens is 390 g/mol. The van der Waals surface area contributed by atoms with Gasteiger partial charge in [-0.15, -0.1) is 0 Å². The number of para-hydroxylation sites is 1. The van der Waals surface area contributed by atoms with Crippen molar-refractivity contribution < 1.29 is 27.1 Å². The number of imidazole rings is 1. The van der Waals surface area contributed by atoms with Gasteiger partial charge in [0.15, 0.2) is 0 Å². The van der Waals surface area contributed by atoms with Gasteiger partial charge in [-0.3, -0.25) is 4.79 Å². The molecule has 2 N–H and O–H groups in total. The fraction of sp³-hybridized carbons (Fsp3) is 0.300. The Labute approximate surface area is 163 Å². The number of carbonyl (C=O) groups excluding carboxylic acids is 1. The van der Waals surface area contributed by atoms with E-state index in [1.54, 1.807) is 18.2 Å². The molecule has 1 saturated heterocycles. The minimum absolute atomic E-state index is 0.0288. The van der Waals surface area contributed by atoms with Crippen molar-refractivity contribution in [3.05, 3.63) is 53.3 Å². The van der Waals surface area contributed by atoms with E-state index < -0.39 is 17.6 Å². The minimum Gasteiger partial charge on any atom is -0.381 e. The number of nitrogens with one attached hydrogen (secondary N) is 2. The van der Waals surface area contributed by atoms with E-state index in [0.29, 0.717) is 37.6 Å². The van der Waals surface area contributed by atoms with E-state index in [0.717, 1.165) is 12.1 Å². The highest BCUT2D eigenvalue weighted by Gasteiger charge is 2.35. The Morgan fingerprint density at radius 2 is 1.93 bits per heavy atom. The second-order valence-electron chi connectivity index (χ2n) is 6.83. The van der Waals surface area contributed by atoms with Crippen molar-refractivity contribution in [1.29, 1.82) is 0 Å². The number of amides is 1. The molecule has 0 saturated carbocycles. The van der Waals surface area contributed by atoms with E-state index in [9.17, 15) is 22.4 Å². The summed E-state index contributed by atoms with van der Waals surface area (Å²) in [4.78, 5) is 19.8. The van der Waals surface area contributed by atoms with E-state index in [1.165, 1.54) is 0 Å². The third-order valence-electron chi connectivity index (χ3n) is 4.86. The van der Waals surface area contributed by atoms with Crippen LogP contribution in [0.1, 0.15) is 28.8 Å². The van der Waals surface area contributed by atoms with Gasteiger partial charge in [-0.1, -0.05) is 6.07 Å². The highest BCUT2D eigenvalue weighted by molar-refractivity contribution is 6.05. The summed E-state index contributed by atoms with van der Waals surface area (Å²) >= 11 is 0. The van der Waals surface area contributed by atoms with Gasteiger partial charge in [0, 0.05) is 24.8 Å². The lowest BCUT2D eigenvalue weighted by Gasteiger charge is -2.23. The van der Waals surface area contributed by atoms with Gasteiger partial charge in [0.1, 0.15) is 17.2 Å². The van der Waals surface area contributed by atoms with E-state index in [1.807, 2.05) is 0 Å². The molecule has 152 valence electrons. The predicted molar refractivity (Wildman–Crippen MR) is 97.8 cm³/mol. The molecule has 3 aromatic rings. The Kier molecular flexibility index (Phi) is 4.99. The van der Waals surface area contributed by atoms with Gasteiger partial charge in [0.05, 0.1) is 16.6 Å². The van der Waals surface area contributed by atoms with Gasteiger partial charge in [-0.2, -0.15) is 13.2 Å². The molecule has 1 amide bonds. The summed E-state index contributed by atoms with van der Waals surface area (Å²) in [5.74, 6) is -1.43. The van der Waals surface area contributed by atoms with Gasteiger partial charge in [-0.05, 0) is 43.2 Å². The number of H-pyrrole nitrogens is 1.